The Balaban J connectivity index is 1.23. The molecule has 1 saturated heterocycles. The Hall–Kier alpha value is -3.86. The molecular weight excluding hydrogens is 552 g/mol. The second kappa shape index (κ2) is 14.9. The number of anilines is 2. The number of aliphatic hydroxyl groups is 2. The summed E-state index contributed by atoms with van der Waals surface area (Å²) >= 11 is 1.64. The average Bonchev–Trinajstić information content (AvgIpc) is 3.03. The molecule has 8 nitrogen and oxygen atoms in total. The smallest absolute Gasteiger partial charge is 0.323 e. The summed E-state index contributed by atoms with van der Waals surface area (Å²) < 4.78 is 18.5. The number of hydrogen-bond donors (Lipinski definition) is 4. The summed E-state index contributed by atoms with van der Waals surface area (Å²) in [4.78, 5) is 12.8. The van der Waals surface area contributed by atoms with E-state index in [1.807, 2.05) is 78.9 Å². The second-order valence-corrected chi connectivity index (χ2v) is 10.9. The maximum atomic E-state index is 12.8. The maximum absolute atomic E-state index is 12.8. The lowest BCUT2D eigenvalue weighted by Gasteiger charge is -2.36. The average molecular weight is 587 g/mol. The summed E-state index contributed by atoms with van der Waals surface area (Å²) in [7, 11) is 0. The van der Waals surface area contributed by atoms with Crippen molar-refractivity contribution in [1.82, 2.24) is 0 Å². The van der Waals surface area contributed by atoms with Gasteiger partial charge in [-0.3, -0.25) is 0 Å². The van der Waals surface area contributed by atoms with Crippen LogP contribution < -0.4 is 15.4 Å². The lowest BCUT2D eigenvalue weighted by Crippen LogP contribution is -2.31. The summed E-state index contributed by atoms with van der Waals surface area (Å²) in [6, 6.07) is 31.4. The van der Waals surface area contributed by atoms with E-state index >= 15 is 0 Å². The number of urea groups is 1. The molecule has 42 heavy (non-hydrogen) atoms. The summed E-state index contributed by atoms with van der Waals surface area (Å²) in [5.74, 6) is 2.77. The molecule has 0 saturated carbocycles. The predicted molar refractivity (Wildman–Crippen MR) is 165 cm³/mol. The van der Waals surface area contributed by atoms with E-state index in [1.165, 1.54) is 0 Å². The first-order chi connectivity index (χ1) is 20.6. The Labute approximate surface area is 249 Å². The molecule has 9 heteroatoms. The first-order valence-corrected chi connectivity index (χ1v) is 15.0. The summed E-state index contributed by atoms with van der Waals surface area (Å²) in [5.41, 5.74) is 3.85. The van der Waals surface area contributed by atoms with Crippen molar-refractivity contribution in [2.45, 2.75) is 31.5 Å². The van der Waals surface area contributed by atoms with Crippen LogP contribution in [0, 0.1) is 0 Å². The fourth-order valence-electron chi connectivity index (χ4n) is 4.59. The van der Waals surface area contributed by atoms with Crippen molar-refractivity contribution in [3.8, 4) is 11.5 Å². The monoisotopic (exact) mass is 586 g/mol. The van der Waals surface area contributed by atoms with Crippen molar-refractivity contribution in [2.75, 3.05) is 28.7 Å². The molecule has 4 N–H and O–H groups in total. The minimum atomic E-state index is -0.636. The third-order valence-electron chi connectivity index (χ3n) is 6.66. The van der Waals surface area contributed by atoms with Crippen LogP contribution in [0.15, 0.2) is 103 Å². The highest BCUT2D eigenvalue weighted by molar-refractivity contribution is 7.99. The third kappa shape index (κ3) is 8.34. The van der Waals surface area contributed by atoms with Gasteiger partial charge in [0.25, 0.3) is 0 Å². The number of carbonyl (C=O) groups excluding carboxylic acids is 1. The molecule has 1 fully saturated rings. The van der Waals surface area contributed by atoms with Crippen molar-refractivity contribution in [3.63, 3.8) is 0 Å². The molecule has 0 radical (unpaired) electrons. The fraction of sp³-hybridized carbons (Fsp3) is 0.242. The molecule has 0 aliphatic carbocycles. The Morgan fingerprint density at radius 1 is 0.810 bits per heavy atom. The van der Waals surface area contributed by atoms with Gasteiger partial charge >= 0.3 is 6.03 Å². The molecule has 218 valence electrons. The molecule has 0 unspecified atom stereocenters. The van der Waals surface area contributed by atoms with Gasteiger partial charge in [-0.15, -0.1) is 0 Å². The quantitative estimate of drug-likeness (QED) is 0.142. The number of ether oxygens (including phenoxy) is 3. The number of nitrogens with one attached hydrogen (secondary N) is 2. The minimum Gasteiger partial charge on any atom is -0.457 e. The highest BCUT2D eigenvalue weighted by Crippen LogP contribution is 2.39. The van der Waals surface area contributed by atoms with Gasteiger partial charge in [0.2, 0.25) is 0 Å². The summed E-state index contributed by atoms with van der Waals surface area (Å²) in [6.45, 7) is 0.101. The lowest BCUT2D eigenvalue weighted by atomic mass is 10.0. The van der Waals surface area contributed by atoms with Crippen LogP contribution in [0.25, 0.3) is 0 Å². The zero-order chi connectivity index (χ0) is 29.1. The number of carbonyl (C=O) groups is 1. The van der Waals surface area contributed by atoms with E-state index in [4.69, 9.17) is 14.2 Å². The number of rotatable bonds is 11. The molecule has 4 aromatic carbocycles. The van der Waals surface area contributed by atoms with Gasteiger partial charge in [0.1, 0.15) is 11.5 Å². The van der Waals surface area contributed by atoms with Crippen LogP contribution in [0.5, 0.6) is 11.5 Å². The topological polar surface area (TPSA) is 109 Å². The van der Waals surface area contributed by atoms with E-state index in [1.54, 1.807) is 36.0 Å². The van der Waals surface area contributed by atoms with Gasteiger partial charge < -0.3 is 35.1 Å². The standard InChI is InChI=1S/C33H34N2O6S/c36-17-18-42-22-30-20-31(24-11-9-23(21-37)10-12-24)41-32(40-30)25-5-4-6-27(19-25)35-33(38)34-26-13-15-29(16-14-26)39-28-7-2-1-3-8-28/h1-16,19,30-32,36-37H,17-18,20-22H2,(H2,34,35,38)/t30-,31+,32+/m0/s1. The molecule has 2 amide bonds. The molecule has 5 rings (SSSR count). The molecule has 4 aromatic rings. The molecule has 1 heterocycles. The Kier molecular flexibility index (Phi) is 10.5. The van der Waals surface area contributed by atoms with Crippen LogP contribution in [-0.2, 0) is 16.1 Å². The molecule has 0 bridgehead atoms. The van der Waals surface area contributed by atoms with Crippen LogP contribution in [0.2, 0.25) is 0 Å². The number of thioether (sulfide) groups is 1. The van der Waals surface area contributed by atoms with Crippen molar-refractivity contribution in [1.29, 1.82) is 0 Å². The van der Waals surface area contributed by atoms with E-state index < -0.39 is 6.29 Å². The highest BCUT2D eigenvalue weighted by atomic mass is 32.2. The van der Waals surface area contributed by atoms with Crippen molar-refractivity contribution in [2.24, 2.45) is 0 Å². The highest BCUT2D eigenvalue weighted by Gasteiger charge is 2.32. The van der Waals surface area contributed by atoms with Crippen LogP contribution >= 0.6 is 11.8 Å². The number of benzene rings is 4. The van der Waals surface area contributed by atoms with E-state index in [-0.39, 0.29) is 31.5 Å². The largest absolute Gasteiger partial charge is 0.457 e. The Bertz CT molecular complexity index is 1420. The zero-order valence-electron chi connectivity index (χ0n) is 23.0. The van der Waals surface area contributed by atoms with Crippen molar-refractivity contribution >= 4 is 29.2 Å². The first kappa shape index (κ1) is 29.6. The summed E-state index contributed by atoms with van der Waals surface area (Å²) in [5, 5.41) is 24.4. The minimum absolute atomic E-state index is 0.0146. The Morgan fingerprint density at radius 2 is 1.55 bits per heavy atom. The molecule has 3 atom stereocenters. The molecule has 0 aromatic heterocycles. The number of amides is 2. The van der Waals surface area contributed by atoms with E-state index in [2.05, 4.69) is 10.6 Å². The number of hydrogen-bond acceptors (Lipinski definition) is 7. The maximum Gasteiger partial charge on any atom is 0.323 e. The summed E-state index contributed by atoms with van der Waals surface area (Å²) in [6.07, 6.45) is -0.257. The molecule has 1 aliphatic heterocycles. The predicted octanol–water partition coefficient (Wildman–Crippen LogP) is 6.89. The van der Waals surface area contributed by atoms with Gasteiger partial charge in [-0.05, 0) is 59.7 Å². The lowest BCUT2D eigenvalue weighted by molar-refractivity contribution is -0.245. The van der Waals surface area contributed by atoms with Gasteiger partial charge in [-0.2, -0.15) is 11.8 Å². The van der Waals surface area contributed by atoms with Crippen molar-refractivity contribution in [3.05, 3.63) is 120 Å². The van der Waals surface area contributed by atoms with Crippen LogP contribution in [0.4, 0.5) is 16.2 Å². The number of para-hydroxylation sites is 1. The van der Waals surface area contributed by atoms with Crippen LogP contribution in [0.3, 0.4) is 0 Å². The third-order valence-corrected chi connectivity index (χ3v) is 7.74. The van der Waals surface area contributed by atoms with E-state index in [0.717, 1.165) is 28.2 Å². The number of aliphatic hydroxyl groups excluding tert-OH is 2. The SMILES string of the molecule is O=C(Nc1ccc(Oc2ccccc2)cc1)Nc1cccc([C@@H]2O[C@H](CSCCO)C[C@H](c3ccc(CO)cc3)O2)c1. The fourth-order valence-corrected chi connectivity index (χ4v) is 5.36. The van der Waals surface area contributed by atoms with Crippen LogP contribution in [0.1, 0.15) is 35.5 Å². The molecule has 0 spiro atoms. The first-order valence-electron chi connectivity index (χ1n) is 13.8. The van der Waals surface area contributed by atoms with Gasteiger partial charge in [0.05, 0.1) is 25.4 Å². The van der Waals surface area contributed by atoms with Crippen molar-refractivity contribution < 1.29 is 29.2 Å². The molecule has 1 aliphatic rings. The van der Waals surface area contributed by atoms with Gasteiger partial charge in [-0.1, -0.05) is 54.6 Å². The molecular formula is C33H34N2O6S. The van der Waals surface area contributed by atoms with E-state index in [9.17, 15) is 15.0 Å². The van der Waals surface area contributed by atoms with Gasteiger partial charge in [0, 0.05) is 34.9 Å². The Morgan fingerprint density at radius 3 is 2.29 bits per heavy atom. The zero-order valence-corrected chi connectivity index (χ0v) is 23.8. The van der Waals surface area contributed by atoms with Gasteiger partial charge in [0.15, 0.2) is 6.29 Å². The van der Waals surface area contributed by atoms with E-state index in [0.29, 0.717) is 29.3 Å². The second-order valence-electron chi connectivity index (χ2n) is 9.79. The van der Waals surface area contributed by atoms with Crippen LogP contribution in [-0.4, -0.2) is 40.5 Å². The van der Waals surface area contributed by atoms with Gasteiger partial charge in [-0.25, -0.2) is 4.79 Å². The normalized spacial score (nSPS) is 18.3.